The van der Waals surface area contributed by atoms with E-state index >= 15 is 0 Å². The fraction of sp³-hybridized carbons (Fsp3) is 0.889. The van der Waals surface area contributed by atoms with Crippen LogP contribution in [0.4, 0.5) is 0 Å². The van der Waals surface area contributed by atoms with Crippen LogP contribution in [-0.4, -0.2) is 48.2 Å². The fourth-order valence-corrected chi connectivity index (χ4v) is 1.72. The number of carbonyl (C=O) groups is 1. The van der Waals surface area contributed by atoms with E-state index in [0.29, 0.717) is 12.5 Å². The van der Waals surface area contributed by atoms with Crippen molar-refractivity contribution in [2.45, 2.75) is 31.8 Å². The Morgan fingerprint density at radius 3 is 2.85 bits per heavy atom. The zero-order valence-electron chi connectivity index (χ0n) is 8.29. The van der Waals surface area contributed by atoms with Crippen LogP contribution in [0.1, 0.15) is 19.8 Å². The van der Waals surface area contributed by atoms with Gasteiger partial charge in [0.15, 0.2) is 0 Å². The molecule has 0 amide bonds. The molecule has 2 unspecified atom stereocenters. The molecular weight excluding hydrogens is 168 g/mol. The lowest BCUT2D eigenvalue weighted by atomic mass is 10.2. The standard InChI is InChI=1S/C9H18N2O2/c1-3-8(9(12)13)10-7-4-5-11(2)6-7/h7-8,10H,3-6H2,1-2H3,(H,12,13). The van der Waals surface area contributed by atoms with Gasteiger partial charge in [-0.2, -0.15) is 0 Å². The summed E-state index contributed by atoms with van der Waals surface area (Å²) in [4.78, 5) is 12.9. The predicted molar refractivity (Wildman–Crippen MR) is 50.8 cm³/mol. The van der Waals surface area contributed by atoms with E-state index in [-0.39, 0.29) is 6.04 Å². The van der Waals surface area contributed by atoms with Crippen molar-refractivity contribution in [2.75, 3.05) is 20.1 Å². The Labute approximate surface area is 78.9 Å². The maximum Gasteiger partial charge on any atom is 0.320 e. The number of nitrogens with zero attached hydrogens (tertiary/aromatic N) is 1. The first-order chi connectivity index (χ1) is 6.13. The fourth-order valence-electron chi connectivity index (χ4n) is 1.72. The van der Waals surface area contributed by atoms with Crippen molar-refractivity contribution in [3.05, 3.63) is 0 Å². The summed E-state index contributed by atoms with van der Waals surface area (Å²) in [6, 6.07) is -0.0254. The number of rotatable bonds is 4. The summed E-state index contributed by atoms with van der Waals surface area (Å²) in [7, 11) is 2.06. The van der Waals surface area contributed by atoms with E-state index in [0.717, 1.165) is 19.5 Å². The smallest absolute Gasteiger partial charge is 0.320 e. The largest absolute Gasteiger partial charge is 0.480 e. The second kappa shape index (κ2) is 4.58. The minimum Gasteiger partial charge on any atom is -0.480 e. The lowest BCUT2D eigenvalue weighted by Gasteiger charge is -2.17. The maximum absolute atomic E-state index is 10.7. The quantitative estimate of drug-likeness (QED) is 0.656. The van der Waals surface area contributed by atoms with Crippen LogP contribution in [0.25, 0.3) is 0 Å². The van der Waals surface area contributed by atoms with Gasteiger partial charge in [0.05, 0.1) is 0 Å². The van der Waals surface area contributed by atoms with Crippen LogP contribution in [0.3, 0.4) is 0 Å². The lowest BCUT2D eigenvalue weighted by Crippen LogP contribution is -2.43. The zero-order chi connectivity index (χ0) is 9.84. The second-order valence-electron chi connectivity index (χ2n) is 3.71. The van der Waals surface area contributed by atoms with Crippen molar-refractivity contribution in [3.8, 4) is 0 Å². The summed E-state index contributed by atoms with van der Waals surface area (Å²) in [6.07, 6.45) is 1.70. The van der Waals surface area contributed by atoms with Crippen LogP contribution in [0.5, 0.6) is 0 Å². The molecule has 0 aromatic carbocycles. The average Bonchev–Trinajstić information content (AvgIpc) is 2.46. The number of hydrogen-bond acceptors (Lipinski definition) is 3. The Hall–Kier alpha value is -0.610. The van der Waals surface area contributed by atoms with Gasteiger partial charge in [-0.25, -0.2) is 0 Å². The first kappa shape index (κ1) is 10.5. The van der Waals surface area contributed by atoms with Gasteiger partial charge in [-0.05, 0) is 26.4 Å². The number of carboxylic acid groups (broad SMARTS) is 1. The van der Waals surface area contributed by atoms with Crippen LogP contribution >= 0.6 is 0 Å². The first-order valence-electron chi connectivity index (χ1n) is 4.81. The summed E-state index contributed by atoms with van der Waals surface area (Å²) < 4.78 is 0. The van der Waals surface area contributed by atoms with Crippen molar-refractivity contribution in [3.63, 3.8) is 0 Å². The summed E-state index contributed by atoms with van der Waals surface area (Å²) >= 11 is 0. The third-order valence-electron chi connectivity index (χ3n) is 2.53. The molecule has 1 saturated heterocycles. The van der Waals surface area contributed by atoms with Gasteiger partial charge in [0.1, 0.15) is 6.04 Å². The minimum absolute atomic E-state index is 0.353. The molecule has 0 radical (unpaired) electrons. The topological polar surface area (TPSA) is 52.6 Å². The Balaban J connectivity index is 2.34. The molecule has 0 aromatic heterocycles. The first-order valence-corrected chi connectivity index (χ1v) is 4.81. The molecular formula is C9H18N2O2. The van der Waals surface area contributed by atoms with Gasteiger partial charge in [-0.1, -0.05) is 6.92 Å². The molecule has 76 valence electrons. The number of nitrogens with one attached hydrogen (secondary N) is 1. The molecule has 0 spiro atoms. The van der Waals surface area contributed by atoms with Crippen molar-refractivity contribution in [1.82, 2.24) is 10.2 Å². The van der Waals surface area contributed by atoms with Crippen LogP contribution in [0.2, 0.25) is 0 Å². The highest BCUT2D eigenvalue weighted by Gasteiger charge is 2.24. The Morgan fingerprint density at radius 2 is 2.46 bits per heavy atom. The number of likely N-dealkylation sites (N-methyl/N-ethyl adjacent to an activating group) is 1. The Bertz CT molecular complexity index is 184. The van der Waals surface area contributed by atoms with E-state index in [2.05, 4.69) is 17.3 Å². The van der Waals surface area contributed by atoms with Crippen LogP contribution in [0, 0.1) is 0 Å². The van der Waals surface area contributed by atoms with Gasteiger partial charge in [-0.15, -0.1) is 0 Å². The molecule has 0 aromatic rings. The van der Waals surface area contributed by atoms with Gasteiger partial charge in [0.2, 0.25) is 0 Å². The molecule has 0 aliphatic carbocycles. The van der Waals surface area contributed by atoms with E-state index in [1.165, 1.54) is 0 Å². The highest BCUT2D eigenvalue weighted by atomic mass is 16.4. The summed E-state index contributed by atoms with van der Waals surface area (Å²) in [5.74, 6) is -0.739. The molecule has 4 nitrogen and oxygen atoms in total. The van der Waals surface area contributed by atoms with Gasteiger partial charge in [0, 0.05) is 12.6 Å². The van der Waals surface area contributed by atoms with Crippen LogP contribution in [0.15, 0.2) is 0 Å². The summed E-state index contributed by atoms with van der Waals surface area (Å²) in [6.45, 7) is 3.92. The molecule has 0 bridgehead atoms. The molecule has 1 aliphatic rings. The van der Waals surface area contributed by atoms with Crippen molar-refractivity contribution in [2.24, 2.45) is 0 Å². The number of likely N-dealkylation sites (tertiary alicyclic amines) is 1. The maximum atomic E-state index is 10.7. The van der Waals surface area contributed by atoms with Crippen molar-refractivity contribution >= 4 is 5.97 Å². The van der Waals surface area contributed by atoms with Gasteiger partial charge < -0.3 is 15.3 Å². The van der Waals surface area contributed by atoms with Crippen LogP contribution < -0.4 is 5.32 Å². The molecule has 1 rings (SSSR count). The molecule has 1 heterocycles. The van der Waals surface area contributed by atoms with E-state index in [9.17, 15) is 4.79 Å². The van der Waals surface area contributed by atoms with Crippen LogP contribution in [-0.2, 0) is 4.79 Å². The van der Waals surface area contributed by atoms with E-state index in [4.69, 9.17) is 5.11 Å². The van der Waals surface area contributed by atoms with Gasteiger partial charge in [-0.3, -0.25) is 4.79 Å². The third kappa shape index (κ3) is 2.97. The summed E-state index contributed by atoms with van der Waals surface area (Å²) in [5, 5.41) is 12.0. The Morgan fingerprint density at radius 1 is 1.77 bits per heavy atom. The van der Waals surface area contributed by atoms with E-state index < -0.39 is 5.97 Å². The third-order valence-corrected chi connectivity index (χ3v) is 2.53. The summed E-state index contributed by atoms with van der Waals surface area (Å²) in [5.41, 5.74) is 0. The second-order valence-corrected chi connectivity index (χ2v) is 3.71. The number of aliphatic carboxylic acids is 1. The molecule has 0 saturated carbocycles. The molecule has 2 atom stereocenters. The average molecular weight is 186 g/mol. The van der Waals surface area contributed by atoms with Crippen molar-refractivity contribution in [1.29, 1.82) is 0 Å². The highest BCUT2D eigenvalue weighted by Crippen LogP contribution is 2.07. The predicted octanol–water partition coefficient (Wildman–Crippen LogP) is 0.143. The zero-order valence-corrected chi connectivity index (χ0v) is 8.29. The minimum atomic E-state index is -0.739. The van der Waals surface area contributed by atoms with E-state index in [1.807, 2.05) is 6.92 Å². The monoisotopic (exact) mass is 186 g/mol. The number of hydrogen-bond donors (Lipinski definition) is 2. The van der Waals surface area contributed by atoms with E-state index in [1.54, 1.807) is 0 Å². The Kier molecular flexibility index (Phi) is 3.69. The van der Waals surface area contributed by atoms with Gasteiger partial charge >= 0.3 is 5.97 Å². The SMILES string of the molecule is CCC(NC1CCN(C)C1)C(=O)O. The molecule has 4 heteroatoms. The van der Waals surface area contributed by atoms with Crippen molar-refractivity contribution < 1.29 is 9.90 Å². The highest BCUT2D eigenvalue weighted by molar-refractivity contribution is 5.73. The molecule has 2 N–H and O–H groups in total. The molecule has 1 aliphatic heterocycles. The lowest BCUT2D eigenvalue weighted by molar-refractivity contribution is -0.139. The molecule has 13 heavy (non-hydrogen) atoms. The number of carboxylic acids is 1. The normalized spacial score (nSPS) is 26.2. The van der Waals surface area contributed by atoms with Gasteiger partial charge in [0.25, 0.3) is 0 Å². The molecule has 1 fully saturated rings.